The van der Waals surface area contributed by atoms with E-state index in [0.29, 0.717) is 40.9 Å². The molecule has 0 aromatic heterocycles. The van der Waals surface area contributed by atoms with Crippen LogP contribution in [0.5, 0.6) is 23.0 Å². The molecule has 2 heterocycles. The molecule has 9 nitrogen and oxygen atoms in total. The standard InChI is InChI=1S/C22H20N2O7S/c1-3-29-15-6-4-14(5-7-15)23-20(25)11-24-21(26)19(32-22(24)27)9-13-8-17-18(31-12-30-17)10-16(13)28-2/h4-10H,3,11-12H2,1-2H3,(H,23,25). The molecule has 1 saturated heterocycles. The Labute approximate surface area is 188 Å². The van der Waals surface area contributed by atoms with E-state index in [2.05, 4.69) is 5.32 Å². The van der Waals surface area contributed by atoms with Crippen LogP contribution in [-0.4, -0.2) is 49.0 Å². The maximum absolute atomic E-state index is 12.8. The Morgan fingerprint density at radius 2 is 1.91 bits per heavy atom. The van der Waals surface area contributed by atoms with Gasteiger partial charge in [0.15, 0.2) is 11.5 Å². The first-order valence-corrected chi connectivity index (χ1v) is 10.6. The number of benzene rings is 2. The van der Waals surface area contributed by atoms with E-state index in [0.717, 1.165) is 16.7 Å². The van der Waals surface area contributed by atoms with Crippen molar-refractivity contribution in [2.24, 2.45) is 0 Å². The van der Waals surface area contributed by atoms with E-state index in [1.165, 1.54) is 13.2 Å². The van der Waals surface area contributed by atoms with Crippen molar-refractivity contribution in [2.45, 2.75) is 6.92 Å². The molecule has 2 aliphatic heterocycles. The number of ether oxygens (including phenoxy) is 4. The minimum Gasteiger partial charge on any atom is -0.496 e. The van der Waals surface area contributed by atoms with Crippen LogP contribution < -0.4 is 24.3 Å². The van der Waals surface area contributed by atoms with Gasteiger partial charge < -0.3 is 24.3 Å². The Morgan fingerprint density at radius 1 is 1.19 bits per heavy atom. The lowest BCUT2D eigenvalue weighted by Crippen LogP contribution is -2.36. The number of anilines is 1. The molecule has 1 N–H and O–H groups in total. The number of fused-ring (bicyclic) bond motifs is 1. The van der Waals surface area contributed by atoms with Crippen molar-refractivity contribution in [2.75, 3.05) is 32.4 Å². The molecule has 0 radical (unpaired) electrons. The molecule has 10 heteroatoms. The third-order valence-electron chi connectivity index (χ3n) is 4.64. The SMILES string of the molecule is CCOc1ccc(NC(=O)CN2C(=O)SC(=Cc3cc4c(cc3OC)OCO4)C2=O)cc1. The van der Waals surface area contributed by atoms with E-state index in [4.69, 9.17) is 18.9 Å². The highest BCUT2D eigenvalue weighted by Gasteiger charge is 2.36. The van der Waals surface area contributed by atoms with Gasteiger partial charge >= 0.3 is 0 Å². The third-order valence-corrected chi connectivity index (χ3v) is 5.54. The average Bonchev–Trinajstić information content (AvgIpc) is 3.34. The van der Waals surface area contributed by atoms with Crippen LogP contribution in [0.15, 0.2) is 41.3 Å². The van der Waals surface area contributed by atoms with Crippen molar-refractivity contribution in [3.63, 3.8) is 0 Å². The number of imide groups is 1. The summed E-state index contributed by atoms with van der Waals surface area (Å²) < 4.78 is 21.4. The zero-order valence-corrected chi connectivity index (χ0v) is 18.2. The topological polar surface area (TPSA) is 103 Å². The van der Waals surface area contributed by atoms with Gasteiger partial charge in [-0.15, -0.1) is 0 Å². The quantitative estimate of drug-likeness (QED) is 0.632. The molecule has 1 fully saturated rings. The first-order chi connectivity index (χ1) is 15.5. The lowest BCUT2D eigenvalue weighted by Gasteiger charge is -2.13. The maximum Gasteiger partial charge on any atom is 0.294 e. The van der Waals surface area contributed by atoms with Gasteiger partial charge in [-0.3, -0.25) is 19.3 Å². The lowest BCUT2D eigenvalue weighted by atomic mass is 10.1. The van der Waals surface area contributed by atoms with Crippen molar-refractivity contribution in [1.29, 1.82) is 0 Å². The summed E-state index contributed by atoms with van der Waals surface area (Å²) in [5.74, 6) is 1.17. The van der Waals surface area contributed by atoms with Crippen LogP contribution in [0, 0.1) is 0 Å². The number of nitrogens with one attached hydrogen (secondary N) is 1. The van der Waals surface area contributed by atoms with Crippen LogP contribution in [-0.2, 0) is 9.59 Å². The molecule has 0 spiro atoms. The summed E-state index contributed by atoms with van der Waals surface area (Å²) >= 11 is 0.759. The van der Waals surface area contributed by atoms with Crippen LogP contribution in [0.25, 0.3) is 6.08 Å². The Balaban J connectivity index is 1.45. The summed E-state index contributed by atoms with van der Waals surface area (Å²) in [6, 6.07) is 10.1. The minimum atomic E-state index is -0.554. The number of hydrogen-bond acceptors (Lipinski definition) is 8. The van der Waals surface area contributed by atoms with E-state index in [1.54, 1.807) is 36.4 Å². The van der Waals surface area contributed by atoms with Crippen LogP contribution >= 0.6 is 11.8 Å². The molecule has 2 aromatic rings. The molecular formula is C22H20N2O7S. The summed E-state index contributed by atoms with van der Waals surface area (Å²) in [6.07, 6.45) is 1.54. The number of carbonyl (C=O) groups excluding carboxylic acids is 3. The number of nitrogens with zero attached hydrogens (tertiary/aromatic N) is 1. The van der Waals surface area contributed by atoms with Gasteiger partial charge in [0.2, 0.25) is 12.7 Å². The van der Waals surface area contributed by atoms with Gasteiger partial charge in [0, 0.05) is 17.3 Å². The summed E-state index contributed by atoms with van der Waals surface area (Å²) in [7, 11) is 1.49. The predicted octanol–water partition coefficient (Wildman–Crippen LogP) is 3.50. The molecular weight excluding hydrogens is 436 g/mol. The van der Waals surface area contributed by atoms with Crippen molar-refractivity contribution in [3.05, 3.63) is 46.9 Å². The summed E-state index contributed by atoms with van der Waals surface area (Å²) in [5, 5.41) is 2.15. The fraction of sp³-hybridized carbons (Fsp3) is 0.227. The van der Waals surface area contributed by atoms with E-state index < -0.39 is 23.6 Å². The molecule has 4 rings (SSSR count). The highest BCUT2D eigenvalue weighted by Crippen LogP contribution is 2.40. The Hall–Kier alpha value is -3.66. The number of hydrogen-bond donors (Lipinski definition) is 1. The Kier molecular flexibility index (Phi) is 6.22. The van der Waals surface area contributed by atoms with E-state index in [-0.39, 0.29) is 11.7 Å². The van der Waals surface area contributed by atoms with Gasteiger partial charge in [-0.05, 0) is 55.1 Å². The van der Waals surface area contributed by atoms with E-state index in [1.807, 2.05) is 6.92 Å². The molecule has 32 heavy (non-hydrogen) atoms. The van der Waals surface area contributed by atoms with Crippen LogP contribution in [0.2, 0.25) is 0 Å². The number of carbonyl (C=O) groups is 3. The van der Waals surface area contributed by atoms with Gasteiger partial charge in [-0.25, -0.2) is 0 Å². The Morgan fingerprint density at radius 3 is 2.59 bits per heavy atom. The van der Waals surface area contributed by atoms with Crippen molar-refractivity contribution >= 4 is 40.6 Å². The fourth-order valence-corrected chi connectivity index (χ4v) is 3.98. The van der Waals surface area contributed by atoms with Crippen molar-refractivity contribution in [3.8, 4) is 23.0 Å². The second-order valence-electron chi connectivity index (χ2n) is 6.72. The third kappa shape index (κ3) is 4.50. The second kappa shape index (κ2) is 9.23. The number of amides is 3. The molecule has 2 aliphatic rings. The molecule has 0 aliphatic carbocycles. The molecule has 0 atom stereocenters. The van der Waals surface area contributed by atoms with Gasteiger partial charge in [-0.1, -0.05) is 0 Å². The first-order valence-electron chi connectivity index (χ1n) is 9.74. The van der Waals surface area contributed by atoms with Gasteiger partial charge in [0.1, 0.15) is 18.0 Å². The zero-order valence-electron chi connectivity index (χ0n) is 17.4. The largest absolute Gasteiger partial charge is 0.496 e. The second-order valence-corrected chi connectivity index (χ2v) is 7.71. The van der Waals surface area contributed by atoms with Gasteiger partial charge in [0.05, 0.1) is 18.6 Å². The van der Waals surface area contributed by atoms with Crippen molar-refractivity contribution < 1.29 is 33.3 Å². The van der Waals surface area contributed by atoms with E-state index in [9.17, 15) is 14.4 Å². The summed E-state index contributed by atoms with van der Waals surface area (Å²) in [6.45, 7) is 2.12. The molecule has 166 valence electrons. The molecule has 0 unspecified atom stereocenters. The molecule has 0 saturated carbocycles. The maximum atomic E-state index is 12.8. The smallest absolute Gasteiger partial charge is 0.294 e. The van der Waals surface area contributed by atoms with Gasteiger partial charge in [-0.2, -0.15) is 0 Å². The monoisotopic (exact) mass is 456 g/mol. The summed E-state index contributed by atoms with van der Waals surface area (Å²) in [4.78, 5) is 38.6. The zero-order chi connectivity index (χ0) is 22.7. The van der Waals surface area contributed by atoms with E-state index >= 15 is 0 Å². The molecule has 0 bridgehead atoms. The van der Waals surface area contributed by atoms with Crippen LogP contribution in [0.3, 0.4) is 0 Å². The predicted molar refractivity (Wildman–Crippen MR) is 118 cm³/mol. The number of methoxy groups -OCH3 is 1. The number of thioether (sulfide) groups is 1. The van der Waals surface area contributed by atoms with Crippen LogP contribution in [0.1, 0.15) is 12.5 Å². The molecule has 3 amide bonds. The molecule has 2 aromatic carbocycles. The minimum absolute atomic E-state index is 0.0991. The highest BCUT2D eigenvalue weighted by atomic mass is 32.2. The average molecular weight is 456 g/mol. The van der Waals surface area contributed by atoms with Crippen LogP contribution in [0.4, 0.5) is 10.5 Å². The Bertz CT molecular complexity index is 1100. The highest BCUT2D eigenvalue weighted by molar-refractivity contribution is 8.18. The summed E-state index contributed by atoms with van der Waals surface area (Å²) in [5.41, 5.74) is 1.09. The van der Waals surface area contributed by atoms with Gasteiger partial charge in [0.25, 0.3) is 11.1 Å². The first kappa shape index (κ1) is 21.6. The number of rotatable bonds is 7. The fourth-order valence-electron chi connectivity index (χ4n) is 3.15. The lowest BCUT2D eigenvalue weighted by molar-refractivity contribution is -0.127. The van der Waals surface area contributed by atoms with Crippen molar-refractivity contribution in [1.82, 2.24) is 4.90 Å². The normalized spacial score (nSPS) is 15.9.